The van der Waals surface area contributed by atoms with Gasteiger partial charge in [-0.3, -0.25) is 0 Å². The zero-order chi connectivity index (χ0) is 41.9. The van der Waals surface area contributed by atoms with Crippen LogP contribution in [0.3, 0.4) is 0 Å². The van der Waals surface area contributed by atoms with Gasteiger partial charge in [0.15, 0.2) is 17.5 Å². The highest BCUT2D eigenvalue weighted by molar-refractivity contribution is 6.15. The molecule has 0 aliphatic rings. The largest absolute Gasteiger partial charge is 0.307 e. The third-order valence-electron chi connectivity index (χ3n) is 12.3. The van der Waals surface area contributed by atoms with Crippen molar-refractivity contribution in [2.45, 2.75) is 6.92 Å². The SMILES string of the molecule is Cc1ccc(-c2nc(-c3ccc(-c4ccccc4)cc3)nc(-c3ccc(-c4ccccc4)c(-n4c5ccccc5c5cccc(-n6c7ccccc7c7ccccc76)c54)c3)n2)cc1. The van der Waals surface area contributed by atoms with Crippen molar-refractivity contribution >= 4 is 43.6 Å². The van der Waals surface area contributed by atoms with Crippen LogP contribution in [0.4, 0.5) is 0 Å². The summed E-state index contributed by atoms with van der Waals surface area (Å²) < 4.78 is 4.89. The maximum Gasteiger partial charge on any atom is 0.164 e. The second kappa shape index (κ2) is 14.9. The summed E-state index contributed by atoms with van der Waals surface area (Å²) >= 11 is 0. The Morgan fingerprint density at radius 3 is 1.33 bits per heavy atom. The lowest BCUT2D eigenvalue weighted by Gasteiger charge is -2.18. The molecule has 12 rings (SSSR count). The molecule has 0 fully saturated rings. The topological polar surface area (TPSA) is 48.5 Å². The smallest absolute Gasteiger partial charge is 0.164 e. The van der Waals surface area contributed by atoms with Crippen LogP contribution in [0.5, 0.6) is 0 Å². The van der Waals surface area contributed by atoms with Gasteiger partial charge in [-0.1, -0.05) is 194 Å². The third kappa shape index (κ3) is 6.21. The van der Waals surface area contributed by atoms with Crippen LogP contribution in [0.25, 0.3) is 111 Å². The standard InChI is InChI=1S/C58H39N5/c1-38-27-29-42(30-28-38)56-59-57(43-33-31-40(32-34-43)39-15-4-2-5-16-39)61-58(60-56)44-35-36-45(41-17-6-3-7-18-41)54(37-44)63-52-25-13-10-21-48(52)49-22-14-26-53(55(49)63)62-50-23-11-8-19-46(50)47-20-9-12-24-51(47)62/h2-37H,1H3. The van der Waals surface area contributed by atoms with Crippen LogP contribution in [0.1, 0.15) is 5.56 Å². The zero-order valence-electron chi connectivity index (χ0n) is 34.5. The van der Waals surface area contributed by atoms with E-state index in [2.05, 4.69) is 228 Å². The minimum Gasteiger partial charge on any atom is -0.307 e. The van der Waals surface area contributed by atoms with E-state index in [-0.39, 0.29) is 0 Å². The molecule has 0 N–H and O–H groups in total. The summed E-state index contributed by atoms with van der Waals surface area (Å²) in [5, 5.41) is 4.81. The van der Waals surface area contributed by atoms with Crippen molar-refractivity contribution in [1.29, 1.82) is 0 Å². The Labute approximate surface area is 364 Å². The van der Waals surface area contributed by atoms with Crippen molar-refractivity contribution in [1.82, 2.24) is 24.1 Å². The average molecular weight is 806 g/mol. The zero-order valence-corrected chi connectivity index (χ0v) is 34.5. The van der Waals surface area contributed by atoms with E-state index in [0.29, 0.717) is 17.5 Å². The minimum absolute atomic E-state index is 0.604. The van der Waals surface area contributed by atoms with Crippen molar-refractivity contribution in [2.24, 2.45) is 0 Å². The monoisotopic (exact) mass is 805 g/mol. The van der Waals surface area contributed by atoms with E-state index in [1.807, 2.05) is 6.07 Å². The summed E-state index contributed by atoms with van der Waals surface area (Å²) in [5.41, 5.74) is 15.2. The van der Waals surface area contributed by atoms with E-state index >= 15 is 0 Å². The molecule has 0 unspecified atom stereocenters. The Morgan fingerprint density at radius 1 is 0.302 bits per heavy atom. The molecule has 0 bridgehead atoms. The average Bonchev–Trinajstić information content (AvgIpc) is 3.88. The molecule has 12 aromatic rings. The first-order valence-corrected chi connectivity index (χ1v) is 21.4. The predicted molar refractivity (Wildman–Crippen MR) is 260 cm³/mol. The first-order valence-electron chi connectivity index (χ1n) is 21.4. The Kier molecular flexibility index (Phi) is 8.64. The predicted octanol–water partition coefficient (Wildman–Crippen LogP) is 14.7. The van der Waals surface area contributed by atoms with Gasteiger partial charge >= 0.3 is 0 Å². The molecule has 9 aromatic carbocycles. The summed E-state index contributed by atoms with van der Waals surface area (Å²) in [6.45, 7) is 2.10. The Bertz CT molecular complexity index is 3610. The molecule has 0 aliphatic carbocycles. The van der Waals surface area contributed by atoms with Gasteiger partial charge in [-0.25, -0.2) is 15.0 Å². The number of hydrogen-bond donors (Lipinski definition) is 0. The first-order chi connectivity index (χ1) is 31.2. The van der Waals surface area contributed by atoms with E-state index in [9.17, 15) is 0 Å². The molecule has 0 radical (unpaired) electrons. The Hall–Kier alpha value is -8.41. The molecule has 63 heavy (non-hydrogen) atoms. The van der Waals surface area contributed by atoms with E-state index in [0.717, 1.165) is 72.4 Å². The molecule has 5 nitrogen and oxygen atoms in total. The number of hydrogen-bond acceptors (Lipinski definition) is 3. The van der Waals surface area contributed by atoms with Crippen LogP contribution in [0.15, 0.2) is 218 Å². The van der Waals surface area contributed by atoms with Gasteiger partial charge in [0.05, 0.1) is 33.4 Å². The summed E-state index contributed by atoms with van der Waals surface area (Å²) in [5.74, 6) is 1.85. The molecule has 3 aromatic heterocycles. The number of fused-ring (bicyclic) bond motifs is 6. The number of nitrogens with zero attached hydrogens (tertiary/aromatic N) is 5. The van der Waals surface area contributed by atoms with Gasteiger partial charge in [0.2, 0.25) is 0 Å². The normalized spacial score (nSPS) is 11.6. The number of rotatable bonds is 7. The number of para-hydroxylation sites is 4. The second-order valence-corrected chi connectivity index (χ2v) is 16.1. The van der Waals surface area contributed by atoms with Gasteiger partial charge in [0.25, 0.3) is 0 Å². The molecule has 0 atom stereocenters. The fourth-order valence-electron chi connectivity index (χ4n) is 9.24. The van der Waals surface area contributed by atoms with Gasteiger partial charge in [-0.15, -0.1) is 0 Å². The van der Waals surface area contributed by atoms with Gasteiger partial charge in [-0.05, 0) is 53.9 Å². The second-order valence-electron chi connectivity index (χ2n) is 16.1. The highest BCUT2D eigenvalue weighted by Gasteiger charge is 2.23. The van der Waals surface area contributed by atoms with Crippen molar-refractivity contribution < 1.29 is 0 Å². The van der Waals surface area contributed by atoms with Crippen LogP contribution in [-0.4, -0.2) is 24.1 Å². The van der Waals surface area contributed by atoms with E-state index in [1.54, 1.807) is 0 Å². The quantitative estimate of drug-likeness (QED) is 0.161. The highest BCUT2D eigenvalue weighted by atomic mass is 15.1. The summed E-state index contributed by atoms with van der Waals surface area (Å²) in [6.07, 6.45) is 0. The molecule has 296 valence electrons. The molecular weight excluding hydrogens is 767 g/mol. The van der Waals surface area contributed by atoms with E-state index in [4.69, 9.17) is 15.0 Å². The molecule has 0 saturated heterocycles. The fourth-order valence-corrected chi connectivity index (χ4v) is 9.24. The Morgan fingerprint density at radius 2 is 0.730 bits per heavy atom. The third-order valence-corrected chi connectivity index (χ3v) is 12.3. The molecule has 0 spiro atoms. The summed E-state index contributed by atoms with van der Waals surface area (Å²) in [7, 11) is 0. The maximum absolute atomic E-state index is 5.26. The van der Waals surface area contributed by atoms with E-state index in [1.165, 1.54) is 27.1 Å². The van der Waals surface area contributed by atoms with Crippen LogP contribution in [0.2, 0.25) is 0 Å². The first kappa shape index (κ1) is 36.4. The number of benzene rings is 9. The van der Waals surface area contributed by atoms with Crippen molar-refractivity contribution in [3.63, 3.8) is 0 Å². The summed E-state index contributed by atoms with van der Waals surface area (Å²) in [6, 6.07) is 77.6. The van der Waals surface area contributed by atoms with Crippen molar-refractivity contribution in [3.8, 4) is 67.8 Å². The van der Waals surface area contributed by atoms with Gasteiger partial charge in [-0.2, -0.15) is 0 Å². The van der Waals surface area contributed by atoms with Gasteiger partial charge in [0.1, 0.15) is 0 Å². The molecule has 0 aliphatic heterocycles. The lowest BCUT2D eigenvalue weighted by Crippen LogP contribution is -2.04. The van der Waals surface area contributed by atoms with E-state index < -0.39 is 0 Å². The summed E-state index contributed by atoms with van der Waals surface area (Å²) in [4.78, 5) is 15.6. The van der Waals surface area contributed by atoms with Crippen molar-refractivity contribution in [3.05, 3.63) is 224 Å². The maximum atomic E-state index is 5.26. The van der Waals surface area contributed by atoms with Crippen LogP contribution >= 0.6 is 0 Å². The molecule has 0 amide bonds. The van der Waals surface area contributed by atoms with Crippen LogP contribution in [0, 0.1) is 6.92 Å². The number of aryl methyl sites for hydroxylation is 1. The van der Waals surface area contributed by atoms with Crippen LogP contribution < -0.4 is 0 Å². The highest BCUT2D eigenvalue weighted by Crippen LogP contribution is 2.42. The number of aromatic nitrogens is 5. The lowest BCUT2D eigenvalue weighted by atomic mass is 10.0. The fraction of sp³-hybridized carbons (Fsp3) is 0.0172. The molecule has 0 saturated carbocycles. The van der Waals surface area contributed by atoms with Gasteiger partial charge < -0.3 is 9.13 Å². The Balaban J connectivity index is 1.13. The minimum atomic E-state index is 0.604. The molecule has 3 heterocycles. The molecule has 5 heteroatoms. The molecular formula is C58H39N5. The van der Waals surface area contributed by atoms with Crippen LogP contribution in [-0.2, 0) is 0 Å². The van der Waals surface area contributed by atoms with Gasteiger partial charge in [0, 0.05) is 43.8 Å². The van der Waals surface area contributed by atoms with Crippen molar-refractivity contribution in [2.75, 3.05) is 0 Å². The lowest BCUT2D eigenvalue weighted by molar-refractivity contribution is 1.07.